The van der Waals surface area contributed by atoms with Crippen LogP contribution in [0.1, 0.15) is 5.56 Å². The lowest BCUT2D eigenvalue weighted by Crippen LogP contribution is -1.89. The van der Waals surface area contributed by atoms with Gasteiger partial charge in [0.25, 0.3) is 0 Å². The minimum Gasteiger partial charge on any atom is -0.478 e. The Bertz CT molecular complexity index is 402. The van der Waals surface area contributed by atoms with Gasteiger partial charge in [0.15, 0.2) is 0 Å². The van der Waals surface area contributed by atoms with E-state index in [0.717, 1.165) is 18.2 Å². The van der Waals surface area contributed by atoms with Crippen molar-refractivity contribution in [1.29, 1.82) is 0 Å². The number of hydrogen-bond acceptors (Lipinski definition) is 1. The second-order valence-corrected chi connectivity index (χ2v) is 2.84. The third kappa shape index (κ3) is 2.53. The Balaban J connectivity index is 3.14. The van der Waals surface area contributed by atoms with Gasteiger partial charge in [-0.15, -0.1) is 0 Å². The third-order valence-electron chi connectivity index (χ3n) is 1.43. The number of carboxylic acids is 1. The normalized spacial score (nSPS) is 10.8. The fourth-order valence-electron chi connectivity index (χ4n) is 0.858. The van der Waals surface area contributed by atoms with Crippen LogP contribution in [0.4, 0.5) is 8.78 Å². The molecule has 0 radical (unpaired) electrons. The van der Waals surface area contributed by atoms with E-state index in [-0.39, 0.29) is 10.6 Å². The van der Waals surface area contributed by atoms with Gasteiger partial charge in [-0.2, -0.15) is 0 Å². The van der Waals surface area contributed by atoms with Crippen molar-refractivity contribution in [3.8, 4) is 0 Å². The molecule has 5 heteroatoms. The highest BCUT2D eigenvalue weighted by Gasteiger charge is 2.06. The van der Waals surface area contributed by atoms with Crippen LogP contribution in [0.5, 0.6) is 0 Å². The summed E-state index contributed by atoms with van der Waals surface area (Å²) >= 11 is 5.46. The van der Waals surface area contributed by atoms with Crippen LogP contribution in [0.25, 0.3) is 6.08 Å². The predicted molar refractivity (Wildman–Crippen MR) is 48.0 cm³/mol. The largest absolute Gasteiger partial charge is 0.478 e. The van der Waals surface area contributed by atoms with Crippen molar-refractivity contribution in [3.63, 3.8) is 0 Å². The van der Waals surface area contributed by atoms with E-state index in [9.17, 15) is 13.6 Å². The molecule has 0 aromatic heterocycles. The van der Waals surface area contributed by atoms with Crippen molar-refractivity contribution in [1.82, 2.24) is 0 Å². The summed E-state index contributed by atoms with van der Waals surface area (Å²) in [6.07, 6.45) is 1.77. The monoisotopic (exact) mass is 218 g/mol. The van der Waals surface area contributed by atoms with Gasteiger partial charge in [-0.3, -0.25) is 0 Å². The zero-order chi connectivity index (χ0) is 10.7. The molecule has 0 heterocycles. The van der Waals surface area contributed by atoms with Crippen LogP contribution in [0.15, 0.2) is 18.2 Å². The molecule has 1 rings (SSSR count). The lowest BCUT2D eigenvalue weighted by Gasteiger charge is -1.99. The van der Waals surface area contributed by atoms with Gasteiger partial charge in [0.1, 0.15) is 11.6 Å². The number of carboxylic acid groups (broad SMARTS) is 1. The van der Waals surface area contributed by atoms with Gasteiger partial charge in [0.2, 0.25) is 0 Å². The fraction of sp³-hybridized carbons (Fsp3) is 0. The predicted octanol–water partition coefficient (Wildman–Crippen LogP) is 2.72. The van der Waals surface area contributed by atoms with E-state index in [1.807, 2.05) is 0 Å². The number of hydrogen-bond donors (Lipinski definition) is 1. The molecule has 0 unspecified atom stereocenters. The topological polar surface area (TPSA) is 37.3 Å². The van der Waals surface area contributed by atoms with Crippen molar-refractivity contribution < 1.29 is 18.7 Å². The Morgan fingerprint density at radius 3 is 2.64 bits per heavy atom. The van der Waals surface area contributed by atoms with Gasteiger partial charge in [0, 0.05) is 12.1 Å². The summed E-state index contributed by atoms with van der Waals surface area (Å²) in [6, 6.07) is 1.57. The summed E-state index contributed by atoms with van der Waals surface area (Å²) in [4.78, 5) is 10.1. The minimum absolute atomic E-state index is 0.00781. The summed E-state index contributed by atoms with van der Waals surface area (Å²) < 4.78 is 25.5. The van der Waals surface area contributed by atoms with Crippen LogP contribution < -0.4 is 0 Å². The Kier molecular flexibility index (Phi) is 3.19. The average Bonchev–Trinajstić information content (AvgIpc) is 2.08. The van der Waals surface area contributed by atoms with Gasteiger partial charge in [0.05, 0.1) is 5.02 Å². The van der Waals surface area contributed by atoms with E-state index in [1.165, 1.54) is 0 Å². The standard InChI is InChI=1S/C9H5ClF2O2/c10-9-5(1-2-8(13)14)3-6(11)4-7(9)12/h1-4H,(H,13,14)/b2-1+. The first-order chi connectivity index (χ1) is 6.50. The Morgan fingerprint density at radius 1 is 1.43 bits per heavy atom. The number of rotatable bonds is 2. The molecule has 0 aliphatic carbocycles. The maximum Gasteiger partial charge on any atom is 0.328 e. The Labute approximate surface area is 83.4 Å². The van der Waals surface area contributed by atoms with E-state index in [0.29, 0.717) is 6.07 Å². The summed E-state index contributed by atoms with van der Waals surface area (Å²) in [6.45, 7) is 0. The molecule has 0 spiro atoms. The first-order valence-corrected chi connectivity index (χ1v) is 3.94. The van der Waals surface area contributed by atoms with Crippen molar-refractivity contribution in [2.24, 2.45) is 0 Å². The Hall–Kier alpha value is -1.42. The molecule has 0 saturated heterocycles. The first-order valence-electron chi connectivity index (χ1n) is 3.56. The summed E-state index contributed by atoms with van der Waals surface area (Å²) in [5, 5.41) is 7.98. The van der Waals surface area contributed by atoms with Crippen LogP contribution >= 0.6 is 11.6 Å². The molecule has 2 nitrogen and oxygen atoms in total. The molecule has 1 aromatic carbocycles. The van der Waals surface area contributed by atoms with Crippen LogP contribution in [-0.4, -0.2) is 11.1 Å². The number of carbonyl (C=O) groups is 1. The molecule has 1 N–H and O–H groups in total. The second kappa shape index (κ2) is 4.19. The van der Waals surface area contributed by atoms with Gasteiger partial charge in [-0.1, -0.05) is 11.6 Å². The highest BCUT2D eigenvalue weighted by Crippen LogP contribution is 2.22. The number of halogens is 3. The smallest absolute Gasteiger partial charge is 0.328 e. The lowest BCUT2D eigenvalue weighted by atomic mass is 10.2. The van der Waals surface area contributed by atoms with Crippen LogP contribution in [0.3, 0.4) is 0 Å². The molecule has 74 valence electrons. The molecule has 0 atom stereocenters. The zero-order valence-corrected chi connectivity index (χ0v) is 7.55. The molecule has 0 saturated carbocycles. The lowest BCUT2D eigenvalue weighted by molar-refractivity contribution is -0.131. The van der Waals surface area contributed by atoms with Crippen molar-refractivity contribution in [2.45, 2.75) is 0 Å². The quantitative estimate of drug-likeness (QED) is 0.612. The maximum atomic E-state index is 12.8. The van der Waals surface area contributed by atoms with E-state index in [1.54, 1.807) is 0 Å². The Morgan fingerprint density at radius 2 is 2.07 bits per heavy atom. The van der Waals surface area contributed by atoms with Crippen LogP contribution in [0.2, 0.25) is 5.02 Å². The minimum atomic E-state index is -1.22. The number of benzene rings is 1. The molecule has 0 fully saturated rings. The van der Waals surface area contributed by atoms with Crippen molar-refractivity contribution >= 4 is 23.6 Å². The molecule has 14 heavy (non-hydrogen) atoms. The molecule has 0 amide bonds. The van der Waals surface area contributed by atoms with Gasteiger partial charge in [-0.05, 0) is 17.7 Å². The van der Waals surface area contributed by atoms with Crippen molar-refractivity contribution in [3.05, 3.63) is 40.4 Å². The third-order valence-corrected chi connectivity index (χ3v) is 1.83. The molecule has 1 aromatic rings. The summed E-state index contributed by atoms with van der Waals surface area (Å²) in [5.41, 5.74) is -0.00781. The van der Waals surface area contributed by atoms with E-state index in [2.05, 4.69) is 0 Å². The summed E-state index contributed by atoms with van der Waals surface area (Å²) in [5.74, 6) is -2.95. The van der Waals surface area contributed by atoms with E-state index < -0.39 is 17.6 Å². The van der Waals surface area contributed by atoms with E-state index in [4.69, 9.17) is 16.7 Å². The highest BCUT2D eigenvalue weighted by molar-refractivity contribution is 6.32. The fourth-order valence-corrected chi connectivity index (χ4v) is 1.03. The van der Waals surface area contributed by atoms with Crippen LogP contribution in [-0.2, 0) is 4.79 Å². The zero-order valence-electron chi connectivity index (χ0n) is 6.80. The SMILES string of the molecule is O=C(O)/C=C/c1cc(F)cc(F)c1Cl. The molecule has 0 aliphatic heterocycles. The first kappa shape index (κ1) is 10.7. The van der Waals surface area contributed by atoms with E-state index >= 15 is 0 Å². The van der Waals surface area contributed by atoms with Gasteiger partial charge < -0.3 is 5.11 Å². The highest BCUT2D eigenvalue weighted by atomic mass is 35.5. The molecule has 0 bridgehead atoms. The number of aliphatic carboxylic acids is 1. The molecular formula is C9H5ClF2O2. The maximum absolute atomic E-state index is 12.8. The van der Waals surface area contributed by atoms with Crippen LogP contribution in [0, 0.1) is 11.6 Å². The summed E-state index contributed by atoms with van der Waals surface area (Å²) in [7, 11) is 0. The average molecular weight is 219 g/mol. The molecular weight excluding hydrogens is 214 g/mol. The van der Waals surface area contributed by atoms with Gasteiger partial charge >= 0.3 is 5.97 Å². The van der Waals surface area contributed by atoms with Crippen molar-refractivity contribution in [2.75, 3.05) is 0 Å². The molecule has 0 aliphatic rings. The second-order valence-electron chi connectivity index (χ2n) is 2.46. The van der Waals surface area contributed by atoms with Gasteiger partial charge in [-0.25, -0.2) is 13.6 Å².